The van der Waals surface area contributed by atoms with Crippen LogP contribution in [0.1, 0.15) is 16.7 Å². The number of hydrogen-bond acceptors (Lipinski definition) is 1. The van der Waals surface area contributed by atoms with E-state index in [9.17, 15) is 0 Å². The maximum atomic E-state index is 4.24. The van der Waals surface area contributed by atoms with E-state index >= 15 is 0 Å². The molecule has 0 fully saturated rings. The van der Waals surface area contributed by atoms with Crippen LogP contribution in [0.25, 0.3) is 11.3 Å². The average molecular weight is 292 g/mol. The predicted molar refractivity (Wildman–Crippen MR) is 89.5 cm³/mol. The van der Waals surface area contributed by atoms with Crippen LogP contribution >= 0.6 is 0 Å². The molecule has 1 aromatic heterocycles. The van der Waals surface area contributed by atoms with Gasteiger partial charge in [-0.2, -0.15) is 5.10 Å². The lowest BCUT2D eigenvalue weighted by atomic mass is 10.1. The largest absolute Gasteiger partial charge is 0.330 e. The van der Waals surface area contributed by atoms with Crippen LogP contribution in [0.5, 0.6) is 0 Å². The molecule has 22 heavy (non-hydrogen) atoms. The summed E-state index contributed by atoms with van der Waals surface area (Å²) in [6, 6.07) is 19.2. The van der Waals surface area contributed by atoms with Gasteiger partial charge >= 0.3 is 0 Å². The fourth-order valence-electron chi connectivity index (χ4n) is 2.75. The topological polar surface area (TPSA) is 33.1 Å². The molecular weight excluding hydrogens is 270 g/mol. The van der Waals surface area contributed by atoms with Crippen molar-refractivity contribution >= 4 is 0 Å². The van der Waals surface area contributed by atoms with E-state index in [1.807, 2.05) is 6.20 Å². The minimum absolute atomic E-state index is 0.953. The molecule has 3 nitrogen and oxygen atoms in total. The van der Waals surface area contributed by atoms with E-state index in [1.165, 1.54) is 27.2 Å². The van der Waals surface area contributed by atoms with Crippen molar-refractivity contribution in [2.75, 3.05) is 7.05 Å². The van der Waals surface area contributed by atoms with Crippen LogP contribution in [-0.4, -0.2) is 17.2 Å². The summed E-state index contributed by atoms with van der Waals surface area (Å²) in [5.74, 6) is 0. The number of aromatic nitrogens is 2. The van der Waals surface area contributed by atoms with Gasteiger partial charge in [0.25, 0.3) is 0 Å². The van der Waals surface area contributed by atoms with E-state index in [-0.39, 0.29) is 0 Å². The lowest BCUT2D eigenvalue weighted by molar-refractivity contribution is -0.907. The van der Waals surface area contributed by atoms with Gasteiger partial charge in [0.05, 0.1) is 24.5 Å². The first-order valence-corrected chi connectivity index (χ1v) is 7.67. The first kappa shape index (κ1) is 14.5. The molecule has 0 saturated heterocycles. The number of nitrogens with zero attached hydrogens (tertiary/aromatic N) is 1. The molecule has 3 heteroatoms. The summed E-state index contributed by atoms with van der Waals surface area (Å²) in [6.45, 7) is 4.07. The Morgan fingerprint density at radius 3 is 2.41 bits per heavy atom. The Labute approximate surface area is 131 Å². The summed E-state index contributed by atoms with van der Waals surface area (Å²) in [6.07, 6.45) is 1.95. The molecule has 1 atom stereocenters. The van der Waals surface area contributed by atoms with Gasteiger partial charge in [-0.05, 0) is 6.92 Å². The zero-order valence-electron chi connectivity index (χ0n) is 13.1. The second-order valence-electron chi connectivity index (χ2n) is 5.93. The summed E-state index contributed by atoms with van der Waals surface area (Å²) in [5, 5.41) is 7.39. The molecule has 0 aliphatic heterocycles. The fraction of sp³-hybridized carbons (Fsp3) is 0.211. The maximum absolute atomic E-state index is 4.24. The Hall–Kier alpha value is -2.39. The second-order valence-corrected chi connectivity index (χ2v) is 5.93. The molecule has 0 bridgehead atoms. The average Bonchev–Trinajstić information content (AvgIpc) is 2.97. The highest BCUT2D eigenvalue weighted by Crippen LogP contribution is 2.20. The first-order valence-electron chi connectivity index (χ1n) is 7.67. The molecule has 1 unspecified atom stereocenters. The minimum atomic E-state index is 0.953. The summed E-state index contributed by atoms with van der Waals surface area (Å²) in [7, 11) is 2.22. The van der Waals surface area contributed by atoms with Gasteiger partial charge in [0.15, 0.2) is 0 Å². The summed E-state index contributed by atoms with van der Waals surface area (Å²) in [4.78, 5) is 1.45. The normalized spacial score (nSPS) is 12.3. The number of nitrogens with one attached hydrogen (secondary N) is 2. The van der Waals surface area contributed by atoms with Crippen LogP contribution in [-0.2, 0) is 13.1 Å². The van der Waals surface area contributed by atoms with Crippen LogP contribution in [0, 0.1) is 6.92 Å². The van der Waals surface area contributed by atoms with Gasteiger partial charge in [-0.3, -0.25) is 5.10 Å². The van der Waals surface area contributed by atoms with Gasteiger partial charge in [0.1, 0.15) is 13.1 Å². The highest BCUT2D eigenvalue weighted by Gasteiger charge is 2.12. The standard InChI is InChI=1S/C19H21N3/c1-15-8-10-17(11-9-15)19-18(12-20-21-19)14-22(2)13-16-6-4-3-5-7-16/h3-12H,13-14H2,1-2H3,(H,20,21)/p+1. The smallest absolute Gasteiger partial charge is 0.107 e. The summed E-state index contributed by atoms with van der Waals surface area (Å²) < 4.78 is 0. The quantitative estimate of drug-likeness (QED) is 0.744. The number of benzene rings is 2. The number of aryl methyl sites for hydroxylation is 1. The van der Waals surface area contributed by atoms with E-state index in [0.29, 0.717) is 0 Å². The van der Waals surface area contributed by atoms with Gasteiger partial charge in [-0.15, -0.1) is 0 Å². The molecule has 0 amide bonds. The van der Waals surface area contributed by atoms with Crippen molar-refractivity contribution in [2.24, 2.45) is 0 Å². The number of rotatable bonds is 5. The molecule has 1 heterocycles. The van der Waals surface area contributed by atoms with Gasteiger partial charge in [-0.25, -0.2) is 0 Å². The van der Waals surface area contributed by atoms with Crippen molar-refractivity contribution in [3.8, 4) is 11.3 Å². The summed E-state index contributed by atoms with van der Waals surface area (Å²) in [5.41, 5.74) is 6.23. The Balaban J connectivity index is 1.73. The highest BCUT2D eigenvalue weighted by atomic mass is 15.1. The molecule has 3 rings (SSSR count). The van der Waals surface area contributed by atoms with Crippen molar-refractivity contribution in [1.29, 1.82) is 0 Å². The molecule has 2 aromatic carbocycles. The second kappa shape index (κ2) is 6.58. The predicted octanol–water partition coefficient (Wildman–Crippen LogP) is 2.60. The van der Waals surface area contributed by atoms with Crippen molar-refractivity contribution < 1.29 is 4.90 Å². The Morgan fingerprint density at radius 1 is 0.955 bits per heavy atom. The number of quaternary nitrogens is 1. The Bertz CT molecular complexity index is 714. The van der Waals surface area contributed by atoms with E-state index in [1.54, 1.807) is 0 Å². The van der Waals surface area contributed by atoms with Crippen molar-refractivity contribution in [2.45, 2.75) is 20.0 Å². The SMILES string of the molecule is Cc1ccc(-c2[nH]ncc2C[NH+](C)Cc2ccccc2)cc1. The third-order valence-corrected chi connectivity index (χ3v) is 3.90. The first-order chi connectivity index (χ1) is 10.7. The van der Waals surface area contributed by atoms with Gasteiger partial charge in [0.2, 0.25) is 0 Å². The molecule has 0 aliphatic rings. The van der Waals surface area contributed by atoms with E-state index < -0.39 is 0 Å². The fourth-order valence-corrected chi connectivity index (χ4v) is 2.75. The van der Waals surface area contributed by atoms with Crippen molar-refractivity contribution in [3.05, 3.63) is 77.5 Å². The third-order valence-electron chi connectivity index (χ3n) is 3.90. The molecule has 0 aliphatic carbocycles. The van der Waals surface area contributed by atoms with E-state index in [2.05, 4.69) is 78.8 Å². The summed E-state index contributed by atoms with van der Waals surface area (Å²) >= 11 is 0. The van der Waals surface area contributed by atoms with Crippen LogP contribution in [0.3, 0.4) is 0 Å². The van der Waals surface area contributed by atoms with Crippen LogP contribution in [0.4, 0.5) is 0 Å². The molecule has 0 radical (unpaired) electrons. The lowest BCUT2D eigenvalue weighted by Crippen LogP contribution is -3.06. The number of aromatic amines is 1. The lowest BCUT2D eigenvalue weighted by Gasteiger charge is -2.14. The number of hydrogen-bond donors (Lipinski definition) is 2. The number of H-pyrrole nitrogens is 1. The maximum Gasteiger partial charge on any atom is 0.107 e. The van der Waals surface area contributed by atoms with Crippen molar-refractivity contribution in [1.82, 2.24) is 10.2 Å². The van der Waals surface area contributed by atoms with E-state index in [4.69, 9.17) is 0 Å². The van der Waals surface area contributed by atoms with Crippen molar-refractivity contribution in [3.63, 3.8) is 0 Å². The van der Waals surface area contributed by atoms with Gasteiger partial charge < -0.3 is 4.90 Å². The zero-order valence-corrected chi connectivity index (χ0v) is 13.1. The van der Waals surface area contributed by atoms with Crippen LogP contribution in [0.15, 0.2) is 60.8 Å². The molecule has 112 valence electrons. The molecule has 2 N–H and O–H groups in total. The minimum Gasteiger partial charge on any atom is -0.330 e. The molecule has 0 spiro atoms. The monoisotopic (exact) mass is 292 g/mol. The van der Waals surface area contributed by atoms with Crippen LogP contribution < -0.4 is 4.90 Å². The highest BCUT2D eigenvalue weighted by molar-refractivity contribution is 5.62. The Morgan fingerprint density at radius 2 is 1.68 bits per heavy atom. The molecule has 3 aromatic rings. The molecular formula is C19H22N3+. The Kier molecular flexibility index (Phi) is 4.35. The van der Waals surface area contributed by atoms with E-state index in [0.717, 1.165) is 18.8 Å². The molecule has 0 saturated carbocycles. The zero-order chi connectivity index (χ0) is 15.4. The van der Waals surface area contributed by atoms with Crippen LogP contribution in [0.2, 0.25) is 0 Å². The van der Waals surface area contributed by atoms with Gasteiger partial charge in [0, 0.05) is 11.1 Å². The van der Waals surface area contributed by atoms with Gasteiger partial charge in [-0.1, -0.05) is 60.2 Å². The third kappa shape index (κ3) is 3.43.